The molecule has 2 rings (SSSR count). The van der Waals surface area contributed by atoms with Crippen LogP contribution in [0.5, 0.6) is 0 Å². The fourth-order valence-electron chi connectivity index (χ4n) is 2.19. The number of nitrogens with zero attached hydrogens (tertiary/aromatic N) is 2. The van der Waals surface area contributed by atoms with E-state index in [0.29, 0.717) is 6.54 Å². The van der Waals surface area contributed by atoms with Crippen LogP contribution in [0.3, 0.4) is 0 Å². The van der Waals surface area contributed by atoms with Crippen LogP contribution < -0.4 is 10.6 Å². The topological polar surface area (TPSA) is 55.3 Å². The van der Waals surface area contributed by atoms with Crippen molar-refractivity contribution in [3.8, 4) is 0 Å². The van der Waals surface area contributed by atoms with Crippen LogP contribution in [-0.4, -0.2) is 18.1 Å². The third kappa shape index (κ3) is 2.31. The molecule has 1 unspecified atom stereocenters. The molecule has 15 heavy (non-hydrogen) atoms. The molecule has 2 N–H and O–H groups in total. The van der Waals surface area contributed by atoms with Crippen LogP contribution in [0, 0.1) is 5.92 Å². The highest BCUT2D eigenvalue weighted by Gasteiger charge is 2.24. The second-order valence-electron chi connectivity index (χ2n) is 4.21. The summed E-state index contributed by atoms with van der Waals surface area (Å²) in [5.74, 6) is 0.809. The van der Waals surface area contributed by atoms with Gasteiger partial charge in [-0.3, -0.25) is 0 Å². The molecule has 1 atom stereocenters. The van der Waals surface area contributed by atoms with E-state index in [2.05, 4.69) is 16.8 Å². The zero-order valence-electron chi connectivity index (χ0n) is 9.28. The molecule has 1 aliphatic rings. The normalized spacial score (nSPS) is 21.2. The van der Waals surface area contributed by atoms with Crippen LogP contribution in [0.4, 0.5) is 6.01 Å². The van der Waals surface area contributed by atoms with Gasteiger partial charge in [-0.1, -0.05) is 13.3 Å². The first-order chi connectivity index (χ1) is 7.33. The Morgan fingerprint density at radius 2 is 2.53 bits per heavy atom. The molecule has 1 aromatic heterocycles. The quantitative estimate of drug-likeness (QED) is 0.821. The van der Waals surface area contributed by atoms with Gasteiger partial charge in [0, 0.05) is 19.6 Å². The van der Waals surface area contributed by atoms with Crippen molar-refractivity contribution in [3.63, 3.8) is 0 Å². The van der Waals surface area contributed by atoms with Crippen LogP contribution in [0.1, 0.15) is 31.9 Å². The molecule has 0 saturated carbocycles. The number of hydrogen-bond acceptors (Lipinski definition) is 4. The van der Waals surface area contributed by atoms with Crippen molar-refractivity contribution < 1.29 is 4.42 Å². The molecule has 1 saturated heterocycles. The van der Waals surface area contributed by atoms with Gasteiger partial charge in [0.2, 0.25) is 0 Å². The number of rotatable bonds is 4. The maximum absolute atomic E-state index is 5.50. The predicted octanol–water partition coefficient (Wildman–Crippen LogP) is 1.76. The van der Waals surface area contributed by atoms with Gasteiger partial charge in [-0.15, -0.1) is 0 Å². The molecule has 0 radical (unpaired) electrons. The summed E-state index contributed by atoms with van der Waals surface area (Å²) in [5.41, 5.74) is 6.33. The van der Waals surface area contributed by atoms with E-state index in [0.717, 1.165) is 30.7 Å². The van der Waals surface area contributed by atoms with Crippen LogP contribution in [0.2, 0.25) is 0 Å². The first-order valence-electron chi connectivity index (χ1n) is 5.73. The number of nitrogens with two attached hydrogens (primary N) is 1. The minimum atomic E-state index is 0.454. The molecule has 1 fully saturated rings. The Bertz CT molecular complexity index is 311. The number of oxazole rings is 1. The molecular weight excluding hydrogens is 190 g/mol. The number of anilines is 1. The van der Waals surface area contributed by atoms with Gasteiger partial charge >= 0.3 is 0 Å². The highest BCUT2D eigenvalue weighted by Crippen LogP contribution is 2.25. The van der Waals surface area contributed by atoms with E-state index in [1.165, 1.54) is 19.3 Å². The summed E-state index contributed by atoms with van der Waals surface area (Å²) in [6, 6.07) is 0.744. The smallest absolute Gasteiger partial charge is 0.297 e. The van der Waals surface area contributed by atoms with E-state index in [-0.39, 0.29) is 0 Å². The Balaban J connectivity index is 1.95. The lowest BCUT2D eigenvalue weighted by Crippen LogP contribution is -2.20. The van der Waals surface area contributed by atoms with Gasteiger partial charge in [0.15, 0.2) is 0 Å². The minimum Gasteiger partial charge on any atom is -0.432 e. The molecule has 4 nitrogen and oxygen atoms in total. The minimum absolute atomic E-state index is 0.454. The van der Waals surface area contributed by atoms with Gasteiger partial charge in [-0.25, -0.2) is 0 Å². The van der Waals surface area contributed by atoms with E-state index < -0.39 is 0 Å². The van der Waals surface area contributed by atoms with Crippen molar-refractivity contribution in [2.45, 2.75) is 32.7 Å². The molecule has 0 spiro atoms. The highest BCUT2D eigenvalue weighted by molar-refractivity contribution is 5.28. The van der Waals surface area contributed by atoms with Crippen molar-refractivity contribution in [3.05, 3.63) is 12.0 Å². The molecule has 4 heteroatoms. The summed E-state index contributed by atoms with van der Waals surface area (Å²) in [6.45, 7) is 4.84. The first-order valence-corrected chi connectivity index (χ1v) is 5.73. The number of aromatic nitrogens is 1. The van der Waals surface area contributed by atoms with Crippen LogP contribution in [-0.2, 0) is 6.54 Å². The number of hydrogen-bond donors (Lipinski definition) is 1. The Morgan fingerprint density at radius 3 is 3.20 bits per heavy atom. The fourth-order valence-corrected chi connectivity index (χ4v) is 2.19. The van der Waals surface area contributed by atoms with E-state index >= 15 is 0 Å². The summed E-state index contributed by atoms with van der Waals surface area (Å²) in [7, 11) is 0. The second kappa shape index (κ2) is 4.66. The standard InChI is InChI=1S/C11H19N3O/c1-2-3-9-4-5-14(7-9)11-13-10(6-12)8-15-11/h8-9H,2-7,12H2,1H3. The Morgan fingerprint density at radius 1 is 1.67 bits per heavy atom. The Kier molecular flexibility index (Phi) is 3.26. The van der Waals surface area contributed by atoms with Crippen molar-refractivity contribution in [2.24, 2.45) is 11.7 Å². The van der Waals surface area contributed by atoms with Gasteiger partial charge in [-0.2, -0.15) is 4.98 Å². The highest BCUT2D eigenvalue weighted by atomic mass is 16.4. The lowest BCUT2D eigenvalue weighted by molar-refractivity contribution is 0.515. The monoisotopic (exact) mass is 209 g/mol. The molecule has 1 aliphatic heterocycles. The van der Waals surface area contributed by atoms with E-state index in [1.807, 2.05) is 0 Å². The molecule has 0 amide bonds. The lowest BCUT2D eigenvalue weighted by Gasteiger charge is -2.12. The van der Waals surface area contributed by atoms with E-state index in [4.69, 9.17) is 10.2 Å². The van der Waals surface area contributed by atoms with Crippen LogP contribution >= 0.6 is 0 Å². The third-order valence-corrected chi connectivity index (χ3v) is 3.00. The van der Waals surface area contributed by atoms with Crippen molar-refractivity contribution in [2.75, 3.05) is 18.0 Å². The largest absolute Gasteiger partial charge is 0.432 e. The van der Waals surface area contributed by atoms with Crippen molar-refractivity contribution >= 4 is 6.01 Å². The Labute approximate surface area is 90.5 Å². The molecule has 2 heterocycles. The molecule has 0 aromatic carbocycles. The molecule has 1 aromatic rings. The van der Waals surface area contributed by atoms with Crippen molar-refractivity contribution in [1.82, 2.24) is 4.98 Å². The fraction of sp³-hybridized carbons (Fsp3) is 0.727. The van der Waals surface area contributed by atoms with Gasteiger partial charge in [-0.05, 0) is 18.8 Å². The summed E-state index contributed by atoms with van der Waals surface area (Å²) >= 11 is 0. The summed E-state index contributed by atoms with van der Waals surface area (Å²) < 4.78 is 5.40. The zero-order valence-corrected chi connectivity index (χ0v) is 9.28. The van der Waals surface area contributed by atoms with E-state index in [9.17, 15) is 0 Å². The van der Waals surface area contributed by atoms with Gasteiger partial charge < -0.3 is 15.1 Å². The average molecular weight is 209 g/mol. The van der Waals surface area contributed by atoms with Crippen LogP contribution in [0.25, 0.3) is 0 Å². The third-order valence-electron chi connectivity index (χ3n) is 3.00. The average Bonchev–Trinajstić information content (AvgIpc) is 2.85. The lowest BCUT2D eigenvalue weighted by atomic mass is 10.0. The predicted molar refractivity (Wildman–Crippen MR) is 59.6 cm³/mol. The SMILES string of the molecule is CCCC1CCN(c2nc(CN)co2)C1. The molecule has 84 valence electrons. The molecule has 0 bridgehead atoms. The second-order valence-corrected chi connectivity index (χ2v) is 4.21. The van der Waals surface area contributed by atoms with Gasteiger partial charge in [0.1, 0.15) is 6.26 Å². The molecule has 0 aliphatic carbocycles. The summed E-state index contributed by atoms with van der Waals surface area (Å²) in [5, 5.41) is 0. The molecular formula is C11H19N3O. The Hall–Kier alpha value is -1.03. The van der Waals surface area contributed by atoms with Crippen molar-refractivity contribution in [1.29, 1.82) is 0 Å². The van der Waals surface area contributed by atoms with Gasteiger partial charge in [0.05, 0.1) is 5.69 Å². The zero-order chi connectivity index (χ0) is 10.7. The maximum Gasteiger partial charge on any atom is 0.297 e. The summed E-state index contributed by atoms with van der Waals surface area (Å²) in [4.78, 5) is 6.56. The maximum atomic E-state index is 5.50. The van der Waals surface area contributed by atoms with Gasteiger partial charge in [0.25, 0.3) is 6.01 Å². The summed E-state index contributed by atoms with van der Waals surface area (Å²) in [6.07, 6.45) is 5.48. The van der Waals surface area contributed by atoms with E-state index in [1.54, 1.807) is 6.26 Å². The van der Waals surface area contributed by atoms with Crippen LogP contribution in [0.15, 0.2) is 10.7 Å². The first kappa shape index (κ1) is 10.5.